The van der Waals surface area contributed by atoms with E-state index < -0.39 is 5.60 Å². The molecule has 1 N–H and O–H groups in total. The summed E-state index contributed by atoms with van der Waals surface area (Å²) in [4.78, 5) is 32.0. The molecule has 1 atom stereocenters. The monoisotopic (exact) mass is 449 g/mol. The number of benzene rings is 1. The van der Waals surface area contributed by atoms with Crippen molar-refractivity contribution in [1.29, 1.82) is 0 Å². The predicted octanol–water partition coefficient (Wildman–Crippen LogP) is 2.71. The Labute approximate surface area is 193 Å². The van der Waals surface area contributed by atoms with Crippen molar-refractivity contribution in [2.45, 2.75) is 51.2 Å². The summed E-state index contributed by atoms with van der Waals surface area (Å²) < 4.78 is 3.04. The second-order valence-electron chi connectivity index (χ2n) is 9.25. The van der Waals surface area contributed by atoms with Crippen molar-refractivity contribution in [3.05, 3.63) is 64.8 Å². The Kier molecular flexibility index (Phi) is 6.21. The lowest BCUT2D eigenvalue weighted by Crippen LogP contribution is -2.49. The van der Waals surface area contributed by atoms with Crippen LogP contribution in [0.1, 0.15) is 50.3 Å². The van der Waals surface area contributed by atoms with Gasteiger partial charge in [-0.15, -0.1) is 0 Å². The molecule has 1 aromatic carbocycles. The first-order valence-corrected chi connectivity index (χ1v) is 11.3. The first-order valence-electron chi connectivity index (χ1n) is 11.3. The molecule has 1 saturated heterocycles. The Bertz CT molecular complexity index is 1240. The highest BCUT2D eigenvalue weighted by Gasteiger charge is 2.35. The van der Waals surface area contributed by atoms with Crippen LogP contribution in [0.4, 0.5) is 0 Å². The van der Waals surface area contributed by atoms with Crippen LogP contribution in [-0.4, -0.2) is 53.9 Å². The van der Waals surface area contributed by atoms with Gasteiger partial charge in [-0.3, -0.25) is 18.8 Å². The number of likely N-dealkylation sites (tertiary alicyclic amines) is 1. The molecule has 1 fully saturated rings. The van der Waals surface area contributed by atoms with Gasteiger partial charge in [0, 0.05) is 26.6 Å². The maximum absolute atomic E-state index is 13.0. The van der Waals surface area contributed by atoms with Crippen LogP contribution >= 0.6 is 0 Å². The Balaban J connectivity index is 1.42. The fourth-order valence-corrected chi connectivity index (χ4v) is 4.62. The average Bonchev–Trinajstić information content (AvgIpc) is 3.13. The quantitative estimate of drug-likeness (QED) is 0.625. The molecule has 174 valence electrons. The van der Waals surface area contributed by atoms with Crippen molar-refractivity contribution in [1.82, 2.24) is 24.2 Å². The number of carbonyl (C=O) groups is 1. The third-order valence-corrected chi connectivity index (χ3v) is 6.58. The van der Waals surface area contributed by atoms with Gasteiger partial charge in [-0.05, 0) is 36.8 Å². The van der Waals surface area contributed by atoms with Gasteiger partial charge in [0.1, 0.15) is 5.52 Å². The largest absolute Gasteiger partial charge is 0.388 e. The third kappa shape index (κ3) is 4.61. The minimum absolute atomic E-state index is 0.0921. The summed E-state index contributed by atoms with van der Waals surface area (Å²) in [6.45, 7) is 8.89. The summed E-state index contributed by atoms with van der Waals surface area (Å²) in [6.07, 6.45) is 2.72. The molecule has 2 aromatic heterocycles. The van der Waals surface area contributed by atoms with Gasteiger partial charge in [0.2, 0.25) is 5.91 Å². The molecular formula is C25H31N5O3. The van der Waals surface area contributed by atoms with Crippen molar-refractivity contribution in [3.63, 3.8) is 0 Å². The van der Waals surface area contributed by atoms with E-state index in [2.05, 4.69) is 23.6 Å². The van der Waals surface area contributed by atoms with Crippen LogP contribution in [0, 0.1) is 0 Å². The Hall–Kier alpha value is -3.26. The van der Waals surface area contributed by atoms with Crippen LogP contribution in [0.5, 0.6) is 0 Å². The minimum Gasteiger partial charge on any atom is -0.388 e. The van der Waals surface area contributed by atoms with Crippen molar-refractivity contribution >= 4 is 22.5 Å². The van der Waals surface area contributed by atoms with E-state index in [4.69, 9.17) is 0 Å². The van der Waals surface area contributed by atoms with Gasteiger partial charge in [-0.2, -0.15) is 5.10 Å². The fourth-order valence-electron chi connectivity index (χ4n) is 4.62. The summed E-state index contributed by atoms with van der Waals surface area (Å²) in [6, 6.07) is 10.0. The van der Waals surface area contributed by atoms with E-state index in [9.17, 15) is 14.7 Å². The van der Waals surface area contributed by atoms with Crippen molar-refractivity contribution in [2.75, 3.05) is 13.1 Å². The summed E-state index contributed by atoms with van der Waals surface area (Å²) in [5.74, 6) is 0.229. The Morgan fingerprint density at radius 1 is 1.21 bits per heavy atom. The first kappa shape index (κ1) is 22.9. The number of piperidine rings is 1. The van der Waals surface area contributed by atoms with Crippen LogP contribution in [0.15, 0.2) is 48.0 Å². The number of allylic oxidation sites excluding steroid dienone is 1. The van der Waals surface area contributed by atoms with E-state index in [0.29, 0.717) is 37.9 Å². The van der Waals surface area contributed by atoms with Crippen molar-refractivity contribution in [3.8, 4) is 0 Å². The van der Waals surface area contributed by atoms with Crippen molar-refractivity contribution in [2.24, 2.45) is 7.05 Å². The zero-order valence-corrected chi connectivity index (χ0v) is 19.5. The molecule has 33 heavy (non-hydrogen) atoms. The first-order chi connectivity index (χ1) is 15.7. The number of aryl methyl sites for hydroxylation is 1. The number of aliphatic hydroxyl groups is 1. The molecular weight excluding hydrogens is 418 g/mol. The molecule has 1 amide bonds. The van der Waals surface area contributed by atoms with Crippen LogP contribution in [-0.2, 0) is 18.4 Å². The van der Waals surface area contributed by atoms with E-state index in [1.54, 1.807) is 11.7 Å². The number of carbonyl (C=O) groups excluding carboxylic acids is 1. The van der Waals surface area contributed by atoms with Gasteiger partial charge >= 0.3 is 0 Å². The van der Waals surface area contributed by atoms with E-state index in [0.717, 1.165) is 16.8 Å². The lowest BCUT2D eigenvalue weighted by Gasteiger charge is -2.38. The highest BCUT2D eigenvalue weighted by molar-refractivity contribution is 5.85. The van der Waals surface area contributed by atoms with E-state index in [-0.39, 0.29) is 29.4 Å². The van der Waals surface area contributed by atoms with Gasteiger partial charge in [0.05, 0.1) is 24.2 Å². The summed E-state index contributed by atoms with van der Waals surface area (Å²) in [5, 5.41) is 15.5. The van der Waals surface area contributed by atoms with Gasteiger partial charge in [0.25, 0.3) is 5.56 Å². The van der Waals surface area contributed by atoms with Crippen molar-refractivity contribution < 1.29 is 9.90 Å². The highest BCUT2D eigenvalue weighted by atomic mass is 16.3. The number of amides is 1. The molecule has 8 heteroatoms. The summed E-state index contributed by atoms with van der Waals surface area (Å²) in [7, 11) is 1.76. The predicted molar refractivity (Wildman–Crippen MR) is 128 cm³/mol. The van der Waals surface area contributed by atoms with Gasteiger partial charge < -0.3 is 10.0 Å². The highest BCUT2D eigenvalue weighted by Crippen LogP contribution is 2.27. The molecule has 0 radical (unpaired) electrons. The maximum Gasteiger partial charge on any atom is 0.281 e. The number of hydrogen-bond acceptors (Lipinski definition) is 5. The van der Waals surface area contributed by atoms with Crippen LogP contribution < -0.4 is 5.56 Å². The van der Waals surface area contributed by atoms with Gasteiger partial charge in [-0.1, -0.05) is 43.8 Å². The zero-order chi connectivity index (χ0) is 23.8. The molecule has 0 saturated carbocycles. The van der Waals surface area contributed by atoms with E-state index >= 15 is 0 Å². The van der Waals surface area contributed by atoms with Gasteiger partial charge in [0.15, 0.2) is 5.52 Å². The maximum atomic E-state index is 13.0. The van der Waals surface area contributed by atoms with E-state index in [1.807, 2.05) is 42.2 Å². The fraction of sp³-hybridized carbons (Fsp3) is 0.440. The zero-order valence-electron chi connectivity index (χ0n) is 19.5. The number of fused-ring (bicyclic) bond motifs is 1. The normalized spacial score (nSPS) is 16.7. The molecule has 1 aliphatic rings. The standard InChI is InChI=1S/C25H31N5O3/c1-17(2)23-21-22(27-28(23)4)24(32)30(16-26-21)15-25(33)10-12-29(13-11-25)20(31)14-18(3)19-8-6-5-7-9-19/h5-9,16,18,33H,1,10-15H2,2-4H3. The Morgan fingerprint density at radius 3 is 2.52 bits per heavy atom. The molecule has 0 spiro atoms. The second-order valence-corrected chi connectivity index (χ2v) is 9.25. The molecule has 1 unspecified atom stereocenters. The minimum atomic E-state index is -1.08. The van der Waals surface area contributed by atoms with Gasteiger partial charge in [-0.25, -0.2) is 4.98 Å². The smallest absolute Gasteiger partial charge is 0.281 e. The lowest BCUT2D eigenvalue weighted by molar-refractivity contribution is -0.136. The van der Waals surface area contributed by atoms with Crippen LogP contribution in [0.3, 0.4) is 0 Å². The molecule has 0 bridgehead atoms. The number of hydrogen-bond donors (Lipinski definition) is 1. The number of aromatic nitrogens is 4. The molecule has 3 aromatic rings. The number of rotatable bonds is 6. The Morgan fingerprint density at radius 2 is 1.88 bits per heavy atom. The third-order valence-electron chi connectivity index (χ3n) is 6.58. The molecule has 3 heterocycles. The van der Waals surface area contributed by atoms with Crippen LogP contribution in [0.25, 0.3) is 16.6 Å². The number of nitrogens with zero attached hydrogens (tertiary/aromatic N) is 5. The average molecular weight is 450 g/mol. The lowest BCUT2D eigenvalue weighted by atomic mass is 9.90. The topological polar surface area (TPSA) is 93.2 Å². The second kappa shape index (κ2) is 8.94. The molecule has 1 aliphatic heterocycles. The SMILES string of the molecule is C=C(C)c1c2ncn(CC3(O)CCN(C(=O)CC(C)c4ccccc4)CC3)c(=O)c2nn1C. The van der Waals surface area contributed by atoms with Crippen LogP contribution in [0.2, 0.25) is 0 Å². The molecule has 8 nitrogen and oxygen atoms in total. The molecule has 4 rings (SSSR count). The molecule has 0 aliphatic carbocycles. The van der Waals surface area contributed by atoms with E-state index in [1.165, 1.54) is 10.9 Å². The summed E-state index contributed by atoms with van der Waals surface area (Å²) in [5.41, 5.74) is 2.08. The summed E-state index contributed by atoms with van der Waals surface area (Å²) >= 11 is 0.